The first kappa shape index (κ1) is 10.9. The van der Waals surface area contributed by atoms with E-state index in [-0.39, 0.29) is 0 Å². The number of thiophene rings is 1. The average Bonchev–Trinajstić information content (AvgIpc) is 2.58. The van der Waals surface area contributed by atoms with E-state index in [1.807, 2.05) is 12.1 Å². The lowest BCUT2D eigenvalue weighted by Crippen LogP contribution is -1.88. The number of fused-ring (bicyclic) bond motifs is 1. The lowest BCUT2D eigenvalue weighted by atomic mass is 10.2. The minimum atomic E-state index is 0.592. The number of halogens is 1. The van der Waals surface area contributed by atoms with Crippen molar-refractivity contribution < 1.29 is 9.47 Å². The van der Waals surface area contributed by atoms with Crippen molar-refractivity contribution in [2.24, 2.45) is 0 Å². The molecule has 2 aromatic rings. The Morgan fingerprint density at radius 2 is 2.13 bits per heavy atom. The number of ether oxygens (including phenoxy) is 2. The van der Waals surface area contributed by atoms with Gasteiger partial charge < -0.3 is 9.47 Å². The first-order valence-corrected chi connectivity index (χ1v) is 6.11. The van der Waals surface area contributed by atoms with E-state index in [1.54, 1.807) is 25.6 Å². The highest BCUT2D eigenvalue weighted by atomic mass is 79.9. The first-order chi connectivity index (χ1) is 7.27. The summed E-state index contributed by atoms with van der Waals surface area (Å²) in [6.45, 7) is 0.592. The standard InChI is InChI=1S/C11H11BrO2S/c1-13-6-9-10(14-2)7-4-3-5-8(12)11(7)15-9/h3-5H,6H2,1-2H3. The zero-order valence-corrected chi connectivity index (χ0v) is 10.9. The predicted molar refractivity (Wildman–Crippen MR) is 66.8 cm³/mol. The van der Waals surface area contributed by atoms with Gasteiger partial charge in [-0.15, -0.1) is 11.3 Å². The molecule has 0 aliphatic carbocycles. The van der Waals surface area contributed by atoms with Crippen LogP contribution in [-0.2, 0) is 11.3 Å². The van der Waals surface area contributed by atoms with E-state index in [0.29, 0.717) is 6.61 Å². The van der Waals surface area contributed by atoms with Crippen molar-refractivity contribution in [2.45, 2.75) is 6.61 Å². The van der Waals surface area contributed by atoms with E-state index in [9.17, 15) is 0 Å². The van der Waals surface area contributed by atoms with Crippen LogP contribution in [0.15, 0.2) is 22.7 Å². The summed E-state index contributed by atoms with van der Waals surface area (Å²) in [7, 11) is 3.39. The normalized spacial score (nSPS) is 10.9. The second kappa shape index (κ2) is 4.51. The second-order valence-electron chi connectivity index (χ2n) is 3.11. The molecule has 4 heteroatoms. The summed E-state index contributed by atoms with van der Waals surface area (Å²) in [5, 5.41) is 1.14. The molecule has 1 heterocycles. The van der Waals surface area contributed by atoms with Gasteiger partial charge in [0, 0.05) is 17.0 Å². The molecule has 0 saturated carbocycles. The summed E-state index contributed by atoms with van der Waals surface area (Å²) in [5.74, 6) is 0.929. The topological polar surface area (TPSA) is 18.5 Å². The monoisotopic (exact) mass is 286 g/mol. The highest BCUT2D eigenvalue weighted by Crippen LogP contribution is 2.41. The van der Waals surface area contributed by atoms with E-state index in [0.717, 1.165) is 20.5 Å². The van der Waals surface area contributed by atoms with E-state index in [4.69, 9.17) is 9.47 Å². The zero-order valence-electron chi connectivity index (χ0n) is 8.54. The van der Waals surface area contributed by atoms with E-state index < -0.39 is 0 Å². The van der Waals surface area contributed by atoms with Gasteiger partial charge >= 0.3 is 0 Å². The van der Waals surface area contributed by atoms with Crippen LogP contribution in [0, 0.1) is 0 Å². The molecular weight excluding hydrogens is 276 g/mol. The van der Waals surface area contributed by atoms with Gasteiger partial charge in [-0.25, -0.2) is 0 Å². The SMILES string of the molecule is COCc1sc2c(Br)cccc2c1OC. The highest BCUT2D eigenvalue weighted by molar-refractivity contribution is 9.10. The Bertz CT molecular complexity index is 479. The molecule has 0 aliphatic rings. The van der Waals surface area contributed by atoms with Crippen molar-refractivity contribution in [1.82, 2.24) is 0 Å². The predicted octanol–water partition coefficient (Wildman–Crippen LogP) is 3.82. The molecule has 0 amide bonds. The third-order valence-electron chi connectivity index (χ3n) is 2.17. The van der Waals surface area contributed by atoms with Gasteiger partial charge in [-0.05, 0) is 28.1 Å². The van der Waals surface area contributed by atoms with Crippen molar-refractivity contribution in [3.63, 3.8) is 0 Å². The first-order valence-electron chi connectivity index (χ1n) is 4.50. The molecular formula is C11H11BrO2S. The van der Waals surface area contributed by atoms with E-state index >= 15 is 0 Å². The Balaban J connectivity index is 2.67. The Morgan fingerprint density at radius 3 is 2.80 bits per heavy atom. The van der Waals surface area contributed by atoms with E-state index in [1.165, 1.54) is 4.70 Å². The van der Waals surface area contributed by atoms with Crippen LogP contribution >= 0.6 is 27.3 Å². The maximum absolute atomic E-state index is 5.42. The summed E-state index contributed by atoms with van der Waals surface area (Å²) in [6.07, 6.45) is 0. The van der Waals surface area contributed by atoms with Gasteiger partial charge in [-0.2, -0.15) is 0 Å². The Morgan fingerprint density at radius 1 is 1.33 bits per heavy atom. The molecule has 2 nitrogen and oxygen atoms in total. The Kier molecular flexibility index (Phi) is 3.29. The molecule has 1 aromatic carbocycles. The number of hydrogen-bond acceptors (Lipinski definition) is 3. The third kappa shape index (κ3) is 1.89. The van der Waals surface area contributed by atoms with Crippen LogP contribution in [0.5, 0.6) is 5.75 Å². The fraction of sp³-hybridized carbons (Fsp3) is 0.273. The van der Waals surface area contributed by atoms with Crippen LogP contribution in [0.4, 0.5) is 0 Å². The third-order valence-corrected chi connectivity index (χ3v) is 4.29. The van der Waals surface area contributed by atoms with Gasteiger partial charge in [-0.3, -0.25) is 0 Å². The maximum Gasteiger partial charge on any atom is 0.143 e. The summed E-state index contributed by atoms with van der Waals surface area (Å²) in [4.78, 5) is 1.13. The number of methoxy groups -OCH3 is 2. The van der Waals surface area contributed by atoms with Crippen molar-refractivity contribution in [3.05, 3.63) is 27.5 Å². The molecule has 0 N–H and O–H groups in total. The molecule has 0 aliphatic heterocycles. The summed E-state index contributed by atoms with van der Waals surface area (Å²) in [6, 6.07) is 6.11. The average molecular weight is 287 g/mol. The van der Waals surface area contributed by atoms with Crippen LogP contribution in [0.25, 0.3) is 10.1 Å². The molecule has 15 heavy (non-hydrogen) atoms. The maximum atomic E-state index is 5.42. The largest absolute Gasteiger partial charge is 0.495 e. The van der Waals surface area contributed by atoms with Gasteiger partial charge in [0.05, 0.1) is 23.3 Å². The molecule has 0 saturated heterocycles. The Hall–Kier alpha value is -0.580. The van der Waals surface area contributed by atoms with Crippen molar-refractivity contribution in [3.8, 4) is 5.75 Å². The smallest absolute Gasteiger partial charge is 0.143 e. The number of hydrogen-bond donors (Lipinski definition) is 0. The minimum absolute atomic E-state index is 0.592. The van der Waals surface area contributed by atoms with Crippen molar-refractivity contribution in [1.29, 1.82) is 0 Å². The molecule has 0 fully saturated rings. The van der Waals surface area contributed by atoms with Gasteiger partial charge in [0.1, 0.15) is 5.75 Å². The molecule has 1 aromatic heterocycles. The van der Waals surface area contributed by atoms with Crippen LogP contribution in [0.1, 0.15) is 4.88 Å². The molecule has 2 rings (SSSR count). The molecule has 0 atom stereocenters. The van der Waals surface area contributed by atoms with Crippen LogP contribution < -0.4 is 4.74 Å². The van der Waals surface area contributed by atoms with E-state index in [2.05, 4.69) is 22.0 Å². The second-order valence-corrected chi connectivity index (χ2v) is 5.07. The van der Waals surface area contributed by atoms with Gasteiger partial charge in [0.15, 0.2) is 0 Å². The minimum Gasteiger partial charge on any atom is -0.495 e. The molecule has 0 radical (unpaired) electrons. The van der Waals surface area contributed by atoms with Gasteiger partial charge in [-0.1, -0.05) is 6.07 Å². The molecule has 80 valence electrons. The fourth-order valence-corrected chi connectivity index (χ4v) is 3.32. The van der Waals surface area contributed by atoms with Crippen LogP contribution in [0.2, 0.25) is 0 Å². The number of rotatable bonds is 3. The molecule has 0 bridgehead atoms. The van der Waals surface area contributed by atoms with Crippen LogP contribution in [0.3, 0.4) is 0 Å². The van der Waals surface area contributed by atoms with Gasteiger partial charge in [0.2, 0.25) is 0 Å². The summed E-state index contributed by atoms with van der Waals surface area (Å²) in [5.41, 5.74) is 0. The molecule has 0 spiro atoms. The highest BCUT2D eigenvalue weighted by Gasteiger charge is 2.13. The summed E-state index contributed by atoms with van der Waals surface area (Å²) < 4.78 is 12.9. The molecule has 0 unspecified atom stereocenters. The van der Waals surface area contributed by atoms with Crippen LogP contribution in [-0.4, -0.2) is 14.2 Å². The van der Waals surface area contributed by atoms with Crippen molar-refractivity contribution >= 4 is 37.4 Å². The van der Waals surface area contributed by atoms with Gasteiger partial charge in [0.25, 0.3) is 0 Å². The lowest BCUT2D eigenvalue weighted by molar-refractivity contribution is 0.185. The van der Waals surface area contributed by atoms with Crippen molar-refractivity contribution in [2.75, 3.05) is 14.2 Å². The zero-order chi connectivity index (χ0) is 10.8. The fourth-order valence-electron chi connectivity index (χ4n) is 1.56. The Labute approximate surface area is 101 Å². The number of benzene rings is 1. The quantitative estimate of drug-likeness (QED) is 0.854. The summed E-state index contributed by atoms with van der Waals surface area (Å²) >= 11 is 5.24. The lowest BCUT2D eigenvalue weighted by Gasteiger charge is -2.01.